The number of hydrogen-bond acceptors (Lipinski definition) is 3. The normalized spacial score (nSPS) is 18.2. The van der Waals surface area contributed by atoms with Crippen LogP contribution in [-0.2, 0) is 11.3 Å². The summed E-state index contributed by atoms with van der Waals surface area (Å²) >= 11 is 0. The molecule has 2 aromatic rings. The van der Waals surface area contributed by atoms with E-state index in [1.807, 2.05) is 12.3 Å². The topological polar surface area (TPSA) is 34.2 Å². The van der Waals surface area contributed by atoms with Gasteiger partial charge in [0.1, 0.15) is 0 Å². The van der Waals surface area contributed by atoms with Crippen molar-refractivity contribution in [2.45, 2.75) is 32.4 Å². The van der Waals surface area contributed by atoms with Gasteiger partial charge in [-0.3, -0.25) is 4.98 Å². The number of nitrogens with zero attached hydrogens (tertiary/aromatic N) is 1. The maximum absolute atomic E-state index is 5.43. The third-order valence-electron chi connectivity index (χ3n) is 4.33. The monoisotopic (exact) mass is 270 g/mol. The smallest absolute Gasteiger partial charge is 0.0705 e. The van der Waals surface area contributed by atoms with E-state index in [1.165, 1.54) is 23.8 Å². The summed E-state index contributed by atoms with van der Waals surface area (Å²) in [6, 6.07) is 11.0. The molecule has 3 heteroatoms. The Morgan fingerprint density at radius 3 is 2.90 bits per heavy atom. The number of benzene rings is 1. The number of pyridine rings is 1. The van der Waals surface area contributed by atoms with E-state index in [1.54, 1.807) is 0 Å². The largest absolute Gasteiger partial charge is 0.381 e. The summed E-state index contributed by atoms with van der Waals surface area (Å²) in [4.78, 5) is 4.41. The van der Waals surface area contributed by atoms with Gasteiger partial charge in [-0.05, 0) is 43.4 Å². The molecule has 0 spiro atoms. The Kier molecular flexibility index (Phi) is 4.28. The van der Waals surface area contributed by atoms with Crippen LogP contribution in [0.5, 0.6) is 0 Å². The van der Waals surface area contributed by atoms with E-state index in [-0.39, 0.29) is 0 Å². The molecule has 1 unspecified atom stereocenters. The summed E-state index contributed by atoms with van der Waals surface area (Å²) in [6.07, 6.45) is 4.25. The van der Waals surface area contributed by atoms with Gasteiger partial charge in [0.15, 0.2) is 0 Å². The van der Waals surface area contributed by atoms with Crippen LogP contribution in [0.15, 0.2) is 36.5 Å². The molecule has 2 heterocycles. The van der Waals surface area contributed by atoms with Gasteiger partial charge in [-0.1, -0.05) is 18.2 Å². The molecule has 1 aromatic carbocycles. The summed E-state index contributed by atoms with van der Waals surface area (Å²) in [7, 11) is 0. The molecule has 106 valence electrons. The van der Waals surface area contributed by atoms with Crippen LogP contribution in [0.1, 0.15) is 25.3 Å². The van der Waals surface area contributed by atoms with E-state index in [0.717, 1.165) is 31.2 Å². The van der Waals surface area contributed by atoms with E-state index in [9.17, 15) is 0 Å². The van der Waals surface area contributed by atoms with Gasteiger partial charge in [-0.25, -0.2) is 0 Å². The molecule has 0 amide bonds. The average molecular weight is 270 g/mol. The number of para-hydroxylation sites is 1. The van der Waals surface area contributed by atoms with Gasteiger partial charge in [0, 0.05) is 37.4 Å². The lowest BCUT2D eigenvalue weighted by molar-refractivity contribution is 0.0558. The predicted molar refractivity (Wildman–Crippen MR) is 81.6 cm³/mol. The summed E-state index contributed by atoms with van der Waals surface area (Å²) < 4.78 is 5.43. The van der Waals surface area contributed by atoms with Gasteiger partial charge in [0.25, 0.3) is 0 Å². The Labute approximate surface area is 120 Å². The molecule has 1 aliphatic rings. The van der Waals surface area contributed by atoms with Crippen molar-refractivity contribution in [1.82, 2.24) is 10.3 Å². The first-order valence-corrected chi connectivity index (χ1v) is 7.48. The zero-order valence-electron chi connectivity index (χ0n) is 12.0. The van der Waals surface area contributed by atoms with Crippen LogP contribution in [0.2, 0.25) is 0 Å². The molecule has 1 N–H and O–H groups in total. The molecule has 1 aliphatic heterocycles. The highest BCUT2D eigenvalue weighted by molar-refractivity contribution is 5.81. The van der Waals surface area contributed by atoms with E-state index < -0.39 is 0 Å². The van der Waals surface area contributed by atoms with Crippen molar-refractivity contribution < 1.29 is 4.74 Å². The zero-order valence-corrected chi connectivity index (χ0v) is 12.0. The maximum atomic E-state index is 5.43. The van der Waals surface area contributed by atoms with E-state index in [4.69, 9.17) is 4.74 Å². The van der Waals surface area contributed by atoms with Crippen LogP contribution in [0.4, 0.5) is 0 Å². The number of ether oxygens (including phenoxy) is 1. The second-order valence-corrected chi connectivity index (χ2v) is 5.61. The minimum absolute atomic E-state index is 0.533. The molecule has 0 radical (unpaired) electrons. The summed E-state index contributed by atoms with van der Waals surface area (Å²) in [6.45, 7) is 5.02. The third kappa shape index (κ3) is 3.00. The van der Waals surface area contributed by atoms with Gasteiger partial charge < -0.3 is 10.1 Å². The van der Waals surface area contributed by atoms with Crippen molar-refractivity contribution in [2.75, 3.05) is 13.2 Å². The lowest BCUT2D eigenvalue weighted by Gasteiger charge is -2.28. The molecule has 1 saturated heterocycles. The Bertz CT molecular complexity index is 558. The highest BCUT2D eigenvalue weighted by Gasteiger charge is 2.20. The van der Waals surface area contributed by atoms with Crippen molar-refractivity contribution >= 4 is 10.9 Å². The summed E-state index contributed by atoms with van der Waals surface area (Å²) in [5, 5.41) is 4.93. The average Bonchev–Trinajstić information content (AvgIpc) is 2.53. The number of aromatic nitrogens is 1. The first kappa shape index (κ1) is 13.5. The Morgan fingerprint density at radius 1 is 1.25 bits per heavy atom. The minimum atomic E-state index is 0.533. The number of fused-ring (bicyclic) bond motifs is 1. The second kappa shape index (κ2) is 6.33. The third-order valence-corrected chi connectivity index (χ3v) is 4.33. The van der Waals surface area contributed by atoms with Crippen molar-refractivity contribution in [1.29, 1.82) is 0 Å². The van der Waals surface area contributed by atoms with Crippen LogP contribution in [-0.4, -0.2) is 24.2 Å². The number of rotatable bonds is 4. The molecule has 3 rings (SSSR count). The summed E-state index contributed by atoms with van der Waals surface area (Å²) in [5.41, 5.74) is 2.40. The molecule has 1 fully saturated rings. The standard InChI is InChI=1S/C17H22N2O/c1-13(14-7-10-20-11-8-14)19-12-15-6-9-18-17-5-3-2-4-16(15)17/h2-6,9,13-14,19H,7-8,10-12H2,1H3. The van der Waals surface area contributed by atoms with Crippen molar-refractivity contribution in [3.8, 4) is 0 Å². The highest BCUT2D eigenvalue weighted by Crippen LogP contribution is 2.20. The maximum Gasteiger partial charge on any atom is 0.0705 e. The first-order chi connectivity index (χ1) is 9.84. The van der Waals surface area contributed by atoms with Crippen molar-refractivity contribution in [3.05, 3.63) is 42.1 Å². The second-order valence-electron chi connectivity index (χ2n) is 5.61. The van der Waals surface area contributed by atoms with E-state index >= 15 is 0 Å². The van der Waals surface area contributed by atoms with Crippen LogP contribution < -0.4 is 5.32 Å². The van der Waals surface area contributed by atoms with Gasteiger partial charge in [-0.15, -0.1) is 0 Å². The molecule has 1 atom stereocenters. The Balaban J connectivity index is 1.67. The molecule has 1 aromatic heterocycles. The van der Waals surface area contributed by atoms with Gasteiger partial charge >= 0.3 is 0 Å². The fourth-order valence-electron chi connectivity index (χ4n) is 2.96. The fourth-order valence-corrected chi connectivity index (χ4v) is 2.96. The molecule has 0 bridgehead atoms. The van der Waals surface area contributed by atoms with Crippen LogP contribution in [0.25, 0.3) is 10.9 Å². The van der Waals surface area contributed by atoms with Crippen molar-refractivity contribution in [2.24, 2.45) is 5.92 Å². The highest BCUT2D eigenvalue weighted by atomic mass is 16.5. The Morgan fingerprint density at radius 2 is 2.05 bits per heavy atom. The Hall–Kier alpha value is -1.45. The van der Waals surface area contributed by atoms with Gasteiger partial charge in [-0.2, -0.15) is 0 Å². The minimum Gasteiger partial charge on any atom is -0.381 e. The molecule has 3 nitrogen and oxygen atoms in total. The zero-order chi connectivity index (χ0) is 13.8. The fraction of sp³-hybridized carbons (Fsp3) is 0.471. The SMILES string of the molecule is CC(NCc1ccnc2ccccc12)C1CCOCC1. The van der Waals surface area contributed by atoms with Crippen molar-refractivity contribution in [3.63, 3.8) is 0 Å². The van der Waals surface area contributed by atoms with Gasteiger partial charge in [0.2, 0.25) is 0 Å². The molecular weight excluding hydrogens is 248 g/mol. The lowest BCUT2D eigenvalue weighted by atomic mass is 9.93. The van der Waals surface area contributed by atoms with Crippen LogP contribution in [0, 0.1) is 5.92 Å². The molecule has 0 aliphatic carbocycles. The first-order valence-electron chi connectivity index (χ1n) is 7.48. The molecule has 0 saturated carbocycles. The van der Waals surface area contributed by atoms with Gasteiger partial charge in [0.05, 0.1) is 5.52 Å². The number of hydrogen-bond donors (Lipinski definition) is 1. The summed E-state index contributed by atoms with van der Waals surface area (Å²) in [5.74, 6) is 0.733. The van der Waals surface area contributed by atoms with Crippen LogP contribution in [0.3, 0.4) is 0 Å². The molecular formula is C17H22N2O. The quantitative estimate of drug-likeness (QED) is 0.926. The van der Waals surface area contributed by atoms with E-state index in [0.29, 0.717) is 6.04 Å². The predicted octanol–water partition coefficient (Wildman–Crippen LogP) is 3.14. The lowest BCUT2D eigenvalue weighted by Crippen LogP contribution is -2.36. The van der Waals surface area contributed by atoms with E-state index in [2.05, 4.69) is 41.5 Å². The number of nitrogens with one attached hydrogen (secondary N) is 1. The molecule has 20 heavy (non-hydrogen) atoms. The van der Waals surface area contributed by atoms with Crippen LogP contribution >= 0.6 is 0 Å².